The van der Waals surface area contributed by atoms with Gasteiger partial charge in [0.15, 0.2) is 5.03 Å². The first-order valence-electron chi connectivity index (χ1n) is 5.82. The third kappa shape index (κ3) is 3.27. The zero-order valence-electron chi connectivity index (χ0n) is 9.81. The van der Waals surface area contributed by atoms with Crippen molar-refractivity contribution >= 4 is 10.0 Å². The molecule has 0 radical (unpaired) electrons. The Hall–Kier alpha value is -0.920. The lowest BCUT2D eigenvalue weighted by atomic mass is 10.00. The van der Waals surface area contributed by atoms with Crippen LogP contribution in [0.2, 0.25) is 0 Å². The van der Waals surface area contributed by atoms with E-state index in [-0.39, 0.29) is 11.1 Å². The first kappa shape index (κ1) is 12.5. The summed E-state index contributed by atoms with van der Waals surface area (Å²) < 4.78 is 26.2. The van der Waals surface area contributed by atoms with Crippen LogP contribution in [-0.2, 0) is 10.0 Å². The molecular formula is C10H18N4O2S. The molecule has 0 aliphatic carbocycles. The summed E-state index contributed by atoms with van der Waals surface area (Å²) in [5.74, 6) is 0. The van der Waals surface area contributed by atoms with Crippen LogP contribution in [0.5, 0.6) is 0 Å². The summed E-state index contributed by atoms with van der Waals surface area (Å²) in [7, 11) is -3.44. The van der Waals surface area contributed by atoms with Gasteiger partial charge in [-0.3, -0.25) is 0 Å². The van der Waals surface area contributed by atoms with Crippen molar-refractivity contribution in [2.24, 2.45) is 0 Å². The van der Waals surface area contributed by atoms with Gasteiger partial charge in [-0.2, -0.15) is 0 Å². The summed E-state index contributed by atoms with van der Waals surface area (Å²) in [4.78, 5) is 6.30. The first-order valence-corrected chi connectivity index (χ1v) is 7.30. The van der Waals surface area contributed by atoms with Crippen molar-refractivity contribution in [3.8, 4) is 0 Å². The Balaban J connectivity index is 1.89. The van der Waals surface area contributed by atoms with Gasteiger partial charge in [0.05, 0.1) is 12.5 Å². The van der Waals surface area contributed by atoms with Crippen molar-refractivity contribution in [2.45, 2.75) is 43.3 Å². The summed E-state index contributed by atoms with van der Waals surface area (Å²) in [6.07, 6.45) is 5.97. The van der Waals surface area contributed by atoms with Crippen LogP contribution in [0.25, 0.3) is 0 Å². The maximum atomic E-state index is 11.8. The number of nitrogens with zero attached hydrogens (tertiary/aromatic N) is 1. The highest BCUT2D eigenvalue weighted by molar-refractivity contribution is 7.89. The minimum atomic E-state index is -3.44. The van der Waals surface area contributed by atoms with Crippen LogP contribution >= 0.6 is 0 Å². The fourth-order valence-electron chi connectivity index (χ4n) is 2.08. The van der Waals surface area contributed by atoms with Gasteiger partial charge in [-0.05, 0) is 19.8 Å². The van der Waals surface area contributed by atoms with Crippen LogP contribution < -0.4 is 10.0 Å². The molecule has 1 aromatic heterocycles. The molecule has 2 rings (SSSR count). The van der Waals surface area contributed by atoms with Crippen LogP contribution in [0.15, 0.2) is 17.6 Å². The van der Waals surface area contributed by atoms with Gasteiger partial charge in [0.25, 0.3) is 10.0 Å². The zero-order chi connectivity index (χ0) is 12.3. The molecule has 0 bridgehead atoms. The fourth-order valence-corrected chi connectivity index (χ4v) is 3.06. The van der Waals surface area contributed by atoms with E-state index in [0.717, 1.165) is 19.3 Å². The molecule has 17 heavy (non-hydrogen) atoms. The molecule has 96 valence electrons. The van der Waals surface area contributed by atoms with E-state index in [2.05, 4.69) is 26.9 Å². The van der Waals surface area contributed by atoms with E-state index in [1.165, 1.54) is 12.5 Å². The second kappa shape index (κ2) is 5.16. The van der Waals surface area contributed by atoms with Gasteiger partial charge in [0.2, 0.25) is 0 Å². The Morgan fingerprint density at radius 1 is 1.53 bits per heavy atom. The molecule has 0 spiro atoms. The van der Waals surface area contributed by atoms with Crippen molar-refractivity contribution in [2.75, 3.05) is 6.54 Å². The Bertz CT molecular complexity index is 443. The largest absolute Gasteiger partial charge is 0.335 e. The molecule has 3 N–H and O–H groups in total. The fraction of sp³-hybridized carbons (Fsp3) is 0.700. The molecule has 2 atom stereocenters. The summed E-state index contributed by atoms with van der Waals surface area (Å²) in [6.45, 7) is 2.54. The first-order chi connectivity index (χ1) is 8.08. The number of aromatic amines is 1. The van der Waals surface area contributed by atoms with E-state index in [1.54, 1.807) is 0 Å². The van der Waals surface area contributed by atoms with Crippen molar-refractivity contribution in [3.63, 3.8) is 0 Å². The second-order valence-electron chi connectivity index (χ2n) is 4.46. The molecule has 1 aromatic rings. The minimum Gasteiger partial charge on any atom is -0.335 e. The standard InChI is InChI=1S/C10H18N4O2S/c1-8-3-2-4-9(14-8)5-13-17(15,16)10-6-11-7-12-10/h6-9,13-14H,2-5H2,1H3,(H,11,12). The predicted octanol–water partition coefficient (Wildman–Crippen LogP) is 0.219. The average Bonchev–Trinajstić information content (AvgIpc) is 2.81. The predicted molar refractivity (Wildman–Crippen MR) is 64.0 cm³/mol. The number of sulfonamides is 1. The lowest BCUT2D eigenvalue weighted by molar-refractivity contribution is 0.334. The number of hydrogen-bond donors (Lipinski definition) is 3. The van der Waals surface area contributed by atoms with E-state index in [9.17, 15) is 8.42 Å². The third-order valence-corrected chi connectivity index (χ3v) is 4.34. The SMILES string of the molecule is CC1CCCC(CNS(=O)(=O)c2cnc[nH]2)N1. The lowest BCUT2D eigenvalue weighted by Gasteiger charge is -2.28. The van der Waals surface area contributed by atoms with Gasteiger partial charge in [0.1, 0.15) is 0 Å². The normalized spacial score (nSPS) is 25.9. The van der Waals surface area contributed by atoms with Crippen LogP contribution in [0.3, 0.4) is 0 Å². The molecule has 7 heteroatoms. The Labute approximate surface area is 101 Å². The number of aromatic nitrogens is 2. The molecule has 6 nitrogen and oxygen atoms in total. The smallest absolute Gasteiger partial charge is 0.257 e. The molecule has 1 aliphatic heterocycles. The molecule has 1 fully saturated rings. The molecule has 1 saturated heterocycles. The topological polar surface area (TPSA) is 86.9 Å². The van der Waals surface area contributed by atoms with E-state index < -0.39 is 10.0 Å². The van der Waals surface area contributed by atoms with Gasteiger partial charge < -0.3 is 10.3 Å². The number of rotatable bonds is 4. The molecule has 0 amide bonds. The molecule has 2 heterocycles. The van der Waals surface area contributed by atoms with Gasteiger partial charge in [-0.25, -0.2) is 18.1 Å². The summed E-state index contributed by atoms with van der Waals surface area (Å²) in [5.41, 5.74) is 0. The van der Waals surface area contributed by atoms with Crippen molar-refractivity contribution in [3.05, 3.63) is 12.5 Å². The summed E-state index contributed by atoms with van der Waals surface area (Å²) >= 11 is 0. The molecule has 1 aliphatic rings. The highest BCUT2D eigenvalue weighted by atomic mass is 32.2. The molecule has 0 aromatic carbocycles. The van der Waals surface area contributed by atoms with Crippen molar-refractivity contribution in [1.29, 1.82) is 0 Å². The maximum absolute atomic E-state index is 11.8. The van der Waals surface area contributed by atoms with Gasteiger partial charge in [-0.1, -0.05) is 6.42 Å². The second-order valence-corrected chi connectivity index (χ2v) is 6.20. The Kier molecular flexibility index (Phi) is 3.80. The summed E-state index contributed by atoms with van der Waals surface area (Å²) in [5, 5.41) is 3.49. The van der Waals surface area contributed by atoms with E-state index >= 15 is 0 Å². The van der Waals surface area contributed by atoms with Crippen molar-refractivity contribution in [1.82, 2.24) is 20.0 Å². The van der Waals surface area contributed by atoms with E-state index in [1.807, 2.05) is 0 Å². The molecule has 0 saturated carbocycles. The van der Waals surface area contributed by atoms with Crippen LogP contribution in [0, 0.1) is 0 Å². The van der Waals surface area contributed by atoms with E-state index in [0.29, 0.717) is 12.6 Å². The van der Waals surface area contributed by atoms with E-state index in [4.69, 9.17) is 0 Å². The quantitative estimate of drug-likeness (QED) is 0.721. The Morgan fingerprint density at radius 2 is 2.35 bits per heavy atom. The van der Waals surface area contributed by atoms with Gasteiger partial charge in [0, 0.05) is 18.6 Å². The third-order valence-electron chi connectivity index (χ3n) is 2.99. The van der Waals surface area contributed by atoms with Gasteiger partial charge in [-0.15, -0.1) is 0 Å². The number of nitrogens with one attached hydrogen (secondary N) is 3. The number of imidazole rings is 1. The zero-order valence-corrected chi connectivity index (χ0v) is 10.6. The minimum absolute atomic E-state index is 0.112. The summed E-state index contributed by atoms with van der Waals surface area (Å²) in [6, 6.07) is 0.682. The van der Waals surface area contributed by atoms with Gasteiger partial charge >= 0.3 is 0 Å². The number of piperidine rings is 1. The molecular weight excluding hydrogens is 240 g/mol. The molecule has 2 unspecified atom stereocenters. The Morgan fingerprint density at radius 3 is 3.00 bits per heavy atom. The van der Waals surface area contributed by atoms with Crippen LogP contribution in [-0.4, -0.2) is 37.0 Å². The highest BCUT2D eigenvalue weighted by Crippen LogP contribution is 2.12. The van der Waals surface area contributed by atoms with Crippen LogP contribution in [0.1, 0.15) is 26.2 Å². The maximum Gasteiger partial charge on any atom is 0.257 e. The van der Waals surface area contributed by atoms with Crippen molar-refractivity contribution < 1.29 is 8.42 Å². The monoisotopic (exact) mass is 258 g/mol. The average molecular weight is 258 g/mol. The number of H-pyrrole nitrogens is 1. The number of hydrogen-bond acceptors (Lipinski definition) is 4. The lowest BCUT2D eigenvalue weighted by Crippen LogP contribution is -2.47. The van der Waals surface area contributed by atoms with Crippen LogP contribution in [0.4, 0.5) is 0 Å². The highest BCUT2D eigenvalue weighted by Gasteiger charge is 2.21.